The van der Waals surface area contributed by atoms with Crippen LogP contribution in [-0.2, 0) is 9.53 Å². The molecule has 2 N–H and O–H groups in total. The van der Waals surface area contributed by atoms with E-state index in [9.17, 15) is 10.1 Å². The van der Waals surface area contributed by atoms with E-state index in [1.807, 2.05) is 0 Å². The molecule has 1 aromatic carbocycles. The van der Waals surface area contributed by atoms with Crippen LogP contribution in [-0.4, -0.2) is 29.3 Å². The summed E-state index contributed by atoms with van der Waals surface area (Å²) in [4.78, 5) is 19.4. The minimum atomic E-state index is -0.625. The van der Waals surface area contributed by atoms with Crippen LogP contribution in [0.15, 0.2) is 45.2 Å². The van der Waals surface area contributed by atoms with Crippen LogP contribution in [0.25, 0.3) is 0 Å². The van der Waals surface area contributed by atoms with E-state index < -0.39 is 12.0 Å². The first-order valence-corrected chi connectivity index (χ1v) is 9.68. The Balaban J connectivity index is 2.18. The number of amidine groups is 1. The summed E-state index contributed by atoms with van der Waals surface area (Å²) in [5.41, 5.74) is 7.78. The highest BCUT2D eigenvalue weighted by molar-refractivity contribution is 8.17. The van der Waals surface area contributed by atoms with Crippen LogP contribution in [0.4, 0.5) is 0 Å². The average molecular weight is 419 g/mol. The van der Waals surface area contributed by atoms with Gasteiger partial charge in [0.1, 0.15) is 22.5 Å². The summed E-state index contributed by atoms with van der Waals surface area (Å²) < 4.78 is 10.7. The van der Waals surface area contributed by atoms with Gasteiger partial charge in [0.2, 0.25) is 0 Å². The molecule has 0 saturated heterocycles. The van der Waals surface area contributed by atoms with Gasteiger partial charge in [-0.05, 0) is 50.2 Å². The Kier molecular flexibility index (Phi) is 5.59. The fourth-order valence-corrected chi connectivity index (χ4v) is 4.23. The minimum absolute atomic E-state index is 0.241. The number of nitrogens with zero attached hydrogens (tertiary/aromatic N) is 3. The van der Waals surface area contributed by atoms with E-state index in [0.717, 1.165) is 0 Å². The molecule has 0 aromatic heterocycles. The Labute approximate surface area is 172 Å². The van der Waals surface area contributed by atoms with E-state index >= 15 is 0 Å². The molecule has 0 fully saturated rings. The number of rotatable bonds is 4. The minimum Gasteiger partial charge on any atom is -0.495 e. The number of aliphatic imine (C=N–C) groups is 1. The van der Waals surface area contributed by atoms with Gasteiger partial charge in [0.05, 0.1) is 35.5 Å². The topological polar surface area (TPSA) is 101 Å². The smallest absolute Gasteiger partial charge is 0.338 e. The van der Waals surface area contributed by atoms with E-state index in [2.05, 4.69) is 11.1 Å². The summed E-state index contributed by atoms with van der Waals surface area (Å²) in [6.45, 7) is 5.29. The van der Waals surface area contributed by atoms with Crippen LogP contribution in [0.1, 0.15) is 32.4 Å². The maximum absolute atomic E-state index is 12.9. The number of fused-ring (bicyclic) bond motifs is 1. The van der Waals surface area contributed by atoms with E-state index in [0.29, 0.717) is 37.7 Å². The molecule has 2 aliphatic rings. The molecular weight excluding hydrogens is 400 g/mol. The van der Waals surface area contributed by atoms with E-state index in [1.165, 1.54) is 18.9 Å². The number of halogens is 1. The summed E-state index contributed by atoms with van der Waals surface area (Å²) >= 11 is 7.50. The SMILES string of the molecule is COc1ccc([C@H]2C(C(=O)OC(C)C)=C(C)N=C3SC(C#N)=C(N)N32)cc1Cl. The van der Waals surface area contributed by atoms with Gasteiger partial charge in [-0.25, -0.2) is 9.79 Å². The summed E-state index contributed by atoms with van der Waals surface area (Å²) in [7, 11) is 1.53. The van der Waals surface area contributed by atoms with Crippen molar-refractivity contribution < 1.29 is 14.3 Å². The standard InChI is InChI=1S/C19H19ClN4O3S/c1-9(2)27-18(25)15-10(3)23-19-24(17(22)14(8-21)28-19)16(15)11-5-6-13(26-4)12(20)7-11/h5-7,9,16H,22H2,1-4H3/t16-/m0/s1. The maximum Gasteiger partial charge on any atom is 0.338 e. The zero-order valence-corrected chi connectivity index (χ0v) is 17.4. The molecule has 0 amide bonds. The number of ether oxygens (including phenoxy) is 2. The number of thioether (sulfide) groups is 1. The van der Waals surface area contributed by atoms with Crippen LogP contribution in [0.2, 0.25) is 5.02 Å². The Morgan fingerprint density at radius 1 is 1.46 bits per heavy atom. The second kappa shape index (κ2) is 7.78. The van der Waals surface area contributed by atoms with Crippen LogP contribution >= 0.6 is 23.4 Å². The largest absolute Gasteiger partial charge is 0.495 e. The first-order chi connectivity index (χ1) is 13.3. The normalized spacial score (nSPS) is 18.8. The van der Waals surface area contributed by atoms with Gasteiger partial charge in [-0.1, -0.05) is 17.7 Å². The van der Waals surface area contributed by atoms with Crippen molar-refractivity contribution in [3.05, 3.63) is 50.8 Å². The summed E-state index contributed by atoms with van der Waals surface area (Å²) in [5.74, 6) is 0.264. The molecule has 0 radical (unpaired) electrons. The average Bonchev–Trinajstić information content (AvgIpc) is 2.95. The van der Waals surface area contributed by atoms with Gasteiger partial charge in [-0.2, -0.15) is 5.26 Å². The van der Waals surface area contributed by atoms with Crippen molar-refractivity contribution in [2.45, 2.75) is 32.9 Å². The Morgan fingerprint density at radius 3 is 2.75 bits per heavy atom. The van der Waals surface area contributed by atoms with Crippen molar-refractivity contribution >= 4 is 34.5 Å². The lowest BCUT2D eigenvalue weighted by Gasteiger charge is -2.35. The molecule has 0 aliphatic carbocycles. The van der Waals surface area contributed by atoms with Crippen molar-refractivity contribution in [1.82, 2.24) is 4.90 Å². The fourth-order valence-electron chi connectivity index (χ4n) is 3.05. The quantitative estimate of drug-likeness (QED) is 0.744. The van der Waals surface area contributed by atoms with Gasteiger partial charge in [-0.3, -0.25) is 4.90 Å². The van der Waals surface area contributed by atoms with Crippen LogP contribution in [0.3, 0.4) is 0 Å². The number of hydrogen-bond donors (Lipinski definition) is 1. The third-order valence-corrected chi connectivity index (χ3v) is 5.50. The molecule has 7 nitrogen and oxygen atoms in total. The second-order valence-corrected chi connectivity index (χ2v) is 7.83. The number of esters is 1. The lowest BCUT2D eigenvalue weighted by Crippen LogP contribution is -2.39. The van der Waals surface area contributed by atoms with Gasteiger partial charge >= 0.3 is 5.97 Å². The van der Waals surface area contributed by atoms with Crippen molar-refractivity contribution in [2.75, 3.05) is 7.11 Å². The Morgan fingerprint density at radius 2 is 2.18 bits per heavy atom. The number of carbonyl (C=O) groups excluding carboxylic acids is 1. The Bertz CT molecular complexity index is 978. The predicted octanol–water partition coefficient (Wildman–Crippen LogP) is 3.69. The van der Waals surface area contributed by atoms with E-state index in [1.54, 1.807) is 43.9 Å². The first-order valence-electron chi connectivity index (χ1n) is 8.49. The van der Waals surface area contributed by atoms with Gasteiger partial charge in [0, 0.05) is 0 Å². The highest BCUT2D eigenvalue weighted by Gasteiger charge is 2.43. The van der Waals surface area contributed by atoms with Gasteiger partial charge in [-0.15, -0.1) is 0 Å². The highest BCUT2D eigenvalue weighted by Crippen LogP contribution is 2.46. The first kappa shape index (κ1) is 20.1. The number of hydrogen-bond acceptors (Lipinski definition) is 8. The lowest BCUT2D eigenvalue weighted by molar-refractivity contribution is -0.143. The zero-order valence-electron chi connectivity index (χ0n) is 15.8. The van der Waals surface area contributed by atoms with E-state index in [4.69, 9.17) is 26.8 Å². The summed E-state index contributed by atoms with van der Waals surface area (Å²) in [6, 6.07) is 6.69. The van der Waals surface area contributed by atoms with Gasteiger partial charge < -0.3 is 15.2 Å². The van der Waals surface area contributed by atoms with Gasteiger partial charge in [0.25, 0.3) is 0 Å². The molecule has 0 spiro atoms. The molecule has 146 valence electrons. The number of nitrogens with two attached hydrogens (primary N) is 1. The number of allylic oxidation sites excluding steroid dienone is 2. The molecule has 0 bridgehead atoms. The third-order valence-electron chi connectivity index (χ3n) is 4.23. The van der Waals surface area contributed by atoms with E-state index in [-0.39, 0.29) is 11.9 Å². The van der Waals surface area contributed by atoms with Crippen molar-refractivity contribution in [3.63, 3.8) is 0 Å². The number of nitriles is 1. The van der Waals surface area contributed by atoms with Crippen molar-refractivity contribution in [1.29, 1.82) is 5.26 Å². The molecular formula is C19H19ClN4O3S. The van der Waals surface area contributed by atoms with Gasteiger partial charge in [0.15, 0.2) is 5.17 Å². The molecule has 2 aliphatic heterocycles. The van der Waals surface area contributed by atoms with Crippen LogP contribution < -0.4 is 10.5 Å². The highest BCUT2D eigenvalue weighted by atomic mass is 35.5. The molecule has 2 heterocycles. The third kappa shape index (κ3) is 3.43. The fraction of sp³-hybridized carbons (Fsp3) is 0.316. The van der Waals surface area contributed by atoms with Crippen LogP contribution in [0.5, 0.6) is 5.75 Å². The molecule has 9 heteroatoms. The summed E-state index contributed by atoms with van der Waals surface area (Å²) in [5, 5.41) is 10.3. The van der Waals surface area contributed by atoms with Crippen LogP contribution in [0, 0.1) is 11.3 Å². The summed E-state index contributed by atoms with van der Waals surface area (Å²) in [6.07, 6.45) is -0.297. The predicted molar refractivity (Wildman–Crippen MR) is 108 cm³/mol. The molecule has 28 heavy (non-hydrogen) atoms. The Hall–Kier alpha value is -2.63. The van der Waals surface area contributed by atoms with Crippen molar-refractivity contribution in [2.24, 2.45) is 10.7 Å². The molecule has 0 saturated carbocycles. The monoisotopic (exact) mass is 418 g/mol. The lowest BCUT2D eigenvalue weighted by atomic mass is 9.94. The number of carbonyl (C=O) groups is 1. The molecule has 1 atom stereocenters. The second-order valence-electron chi connectivity index (χ2n) is 6.44. The number of benzene rings is 1. The molecule has 0 unspecified atom stereocenters. The molecule has 3 rings (SSSR count). The number of methoxy groups -OCH3 is 1. The molecule has 1 aromatic rings. The maximum atomic E-state index is 12.9. The van der Waals surface area contributed by atoms with Crippen molar-refractivity contribution in [3.8, 4) is 11.8 Å². The zero-order chi connectivity index (χ0) is 20.6.